The van der Waals surface area contributed by atoms with Gasteiger partial charge in [0.05, 0.1) is 0 Å². The lowest BCUT2D eigenvalue weighted by Crippen LogP contribution is -2.44. The Labute approximate surface area is 113 Å². The first-order valence-electron chi connectivity index (χ1n) is 6.88. The number of amides is 1. The van der Waals surface area contributed by atoms with Crippen LogP contribution < -0.4 is 10.9 Å². The Balaban J connectivity index is 1.86. The second-order valence-corrected chi connectivity index (χ2v) is 5.16. The minimum absolute atomic E-state index is 0.0781. The molecule has 1 saturated heterocycles. The lowest BCUT2D eigenvalue weighted by atomic mass is 10.1. The van der Waals surface area contributed by atoms with Crippen LogP contribution in [-0.4, -0.2) is 41.5 Å². The topological polar surface area (TPSA) is 65.2 Å². The van der Waals surface area contributed by atoms with Gasteiger partial charge in [-0.1, -0.05) is 12.5 Å². The fourth-order valence-electron chi connectivity index (χ4n) is 2.46. The lowest BCUT2D eigenvalue weighted by molar-refractivity contribution is 0.0920. The zero-order chi connectivity index (χ0) is 13.7. The van der Waals surface area contributed by atoms with E-state index in [-0.39, 0.29) is 17.5 Å². The minimum Gasteiger partial charge on any atom is -0.347 e. The quantitative estimate of drug-likeness (QED) is 0.851. The first-order valence-corrected chi connectivity index (χ1v) is 6.88. The van der Waals surface area contributed by atoms with Crippen LogP contribution in [0.5, 0.6) is 0 Å². The second kappa shape index (κ2) is 6.52. The number of rotatable bonds is 4. The number of nitrogens with zero attached hydrogens (tertiary/aromatic N) is 1. The van der Waals surface area contributed by atoms with Gasteiger partial charge in [0.1, 0.15) is 5.69 Å². The van der Waals surface area contributed by atoms with Crippen LogP contribution in [0, 0.1) is 0 Å². The fourth-order valence-corrected chi connectivity index (χ4v) is 2.46. The van der Waals surface area contributed by atoms with Crippen LogP contribution >= 0.6 is 0 Å². The molecule has 0 aliphatic carbocycles. The first-order chi connectivity index (χ1) is 9.15. The van der Waals surface area contributed by atoms with E-state index in [0.29, 0.717) is 5.69 Å². The van der Waals surface area contributed by atoms with Gasteiger partial charge >= 0.3 is 0 Å². The average molecular weight is 263 g/mol. The van der Waals surface area contributed by atoms with E-state index in [1.165, 1.54) is 25.3 Å². The predicted molar refractivity (Wildman–Crippen MR) is 74.3 cm³/mol. The van der Waals surface area contributed by atoms with Crippen LogP contribution in [0.4, 0.5) is 0 Å². The highest BCUT2D eigenvalue weighted by molar-refractivity contribution is 5.92. The molecule has 0 spiro atoms. The van der Waals surface area contributed by atoms with Gasteiger partial charge in [-0.05, 0) is 38.9 Å². The highest BCUT2D eigenvalue weighted by Crippen LogP contribution is 2.08. The summed E-state index contributed by atoms with van der Waals surface area (Å²) in [5.74, 6) is -0.220. The number of hydrogen-bond donors (Lipinski definition) is 2. The summed E-state index contributed by atoms with van der Waals surface area (Å²) in [6.07, 6.45) is 3.79. The van der Waals surface area contributed by atoms with Crippen molar-refractivity contribution in [1.82, 2.24) is 15.2 Å². The summed E-state index contributed by atoms with van der Waals surface area (Å²) in [5.41, 5.74) is 0.0642. The molecule has 1 fully saturated rings. The third-order valence-electron chi connectivity index (χ3n) is 3.37. The van der Waals surface area contributed by atoms with Gasteiger partial charge in [0.25, 0.3) is 5.91 Å². The molecule has 104 valence electrons. The highest BCUT2D eigenvalue weighted by atomic mass is 16.2. The first kappa shape index (κ1) is 13.8. The maximum absolute atomic E-state index is 11.9. The summed E-state index contributed by atoms with van der Waals surface area (Å²) in [7, 11) is 0. The van der Waals surface area contributed by atoms with E-state index in [1.807, 2.05) is 6.92 Å². The van der Waals surface area contributed by atoms with Gasteiger partial charge in [-0.2, -0.15) is 0 Å². The third-order valence-corrected chi connectivity index (χ3v) is 3.37. The number of piperidine rings is 1. The standard InChI is InChI=1S/C14H21N3O2/c1-11(10-17-8-3-2-4-9-17)15-14(19)12-6-5-7-13(18)16-12/h5-7,11H,2-4,8-10H2,1H3,(H,15,19)(H,16,18). The number of H-pyrrole nitrogens is 1. The van der Waals surface area contributed by atoms with E-state index in [0.717, 1.165) is 19.6 Å². The van der Waals surface area contributed by atoms with Crippen molar-refractivity contribution in [3.05, 3.63) is 34.2 Å². The summed E-state index contributed by atoms with van der Waals surface area (Å²) in [5, 5.41) is 2.92. The maximum atomic E-state index is 11.9. The third kappa shape index (κ3) is 4.21. The molecule has 1 unspecified atom stereocenters. The van der Waals surface area contributed by atoms with E-state index in [4.69, 9.17) is 0 Å². The van der Waals surface area contributed by atoms with E-state index in [9.17, 15) is 9.59 Å². The predicted octanol–water partition coefficient (Wildman–Crippen LogP) is 0.979. The smallest absolute Gasteiger partial charge is 0.268 e. The van der Waals surface area contributed by atoms with Crippen LogP contribution in [0.3, 0.4) is 0 Å². The molecule has 0 aromatic carbocycles. The SMILES string of the molecule is CC(CN1CCCCC1)NC(=O)c1cccc(=O)[nH]1. The number of nitrogens with one attached hydrogen (secondary N) is 2. The molecule has 19 heavy (non-hydrogen) atoms. The summed E-state index contributed by atoms with van der Waals surface area (Å²) in [6, 6.07) is 4.68. The molecule has 2 rings (SSSR count). The average Bonchev–Trinajstić information content (AvgIpc) is 2.39. The van der Waals surface area contributed by atoms with Gasteiger partial charge in [0, 0.05) is 18.7 Å². The fraction of sp³-hybridized carbons (Fsp3) is 0.571. The lowest BCUT2D eigenvalue weighted by Gasteiger charge is -2.29. The molecule has 1 aromatic rings. The molecule has 5 nitrogen and oxygen atoms in total. The second-order valence-electron chi connectivity index (χ2n) is 5.16. The van der Waals surface area contributed by atoms with Gasteiger partial charge in [-0.15, -0.1) is 0 Å². The molecule has 0 radical (unpaired) electrons. The Morgan fingerprint density at radius 2 is 2.11 bits per heavy atom. The van der Waals surface area contributed by atoms with Crippen LogP contribution in [0.2, 0.25) is 0 Å². The van der Waals surface area contributed by atoms with Gasteiger partial charge in [0.15, 0.2) is 0 Å². The molecule has 0 saturated carbocycles. The van der Waals surface area contributed by atoms with Gasteiger partial charge in [0.2, 0.25) is 5.56 Å². The van der Waals surface area contributed by atoms with Crippen molar-refractivity contribution in [3.63, 3.8) is 0 Å². The maximum Gasteiger partial charge on any atom is 0.268 e. The largest absolute Gasteiger partial charge is 0.347 e. The molecular weight excluding hydrogens is 242 g/mol. The Morgan fingerprint density at radius 1 is 1.37 bits per heavy atom. The van der Waals surface area contributed by atoms with Gasteiger partial charge in [-0.3, -0.25) is 9.59 Å². The molecule has 1 atom stereocenters. The van der Waals surface area contributed by atoms with E-state index < -0.39 is 0 Å². The summed E-state index contributed by atoms with van der Waals surface area (Å²) in [6.45, 7) is 5.08. The molecule has 2 N–H and O–H groups in total. The molecular formula is C14H21N3O2. The highest BCUT2D eigenvalue weighted by Gasteiger charge is 2.15. The number of aromatic nitrogens is 1. The summed E-state index contributed by atoms with van der Waals surface area (Å²) >= 11 is 0. The van der Waals surface area contributed by atoms with Crippen molar-refractivity contribution in [2.75, 3.05) is 19.6 Å². The van der Waals surface area contributed by atoms with E-state index >= 15 is 0 Å². The Bertz CT molecular complexity index is 478. The Kier molecular flexibility index (Phi) is 4.74. The number of hydrogen-bond acceptors (Lipinski definition) is 3. The van der Waals surface area contributed by atoms with Crippen molar-refractivity contribution in [1.29, 1.82) is 0 Å². The molecule has 1 aliphatic heterocycles. The zero-order valence-corrected chi connectivity index (χ0v) is 11.3. The number of pyridine rings is 1. The monoisotopic (exact) mass is 263 g/mol. The molecule has 5 heteroatoms. The number of aromatic amines is 1. The van der Waals surface area contributed by atoms with Crippen LogP contribution in [0.15, 0.2) is 23.0 Å². The van der Waals surface area contributed by atoms with Crippen LogP contribution in [0.25, 0.3) is 0 Å². The van der Waals surface area contributed by atoms with Crippen molar-refractivity contribution in [2.24, 2.45) is 0 Å². The number of carbonyl (C=O) groups excluding carboxylic acids is 1. The van der Waals surface area contributed by atoms with Crippen molar-refractivity contribution < 1.29 is 4.79 Å². The Morgan fingerprint density at radius 3 is 2.79 bits per heavy atom. The molecule has 0 bridgehead atoms. The zero-order valence-electron chi connectivity index (χ0n) is 11.3. The van der Waals surface area contributed by atoms with Crippen molar-refractivity contribution >= 4 is 5.91 Å². The van der Waals surface area contributed by atoms with Crippen molar-refractivity contribution in [2.45, 2.75) is 32.2 Å². The van der Waals surface area contributed by atoms with Crippen LogP contribution in [0.1, 0.15) is 36.7 Å². The molecule has 2 heterocycles. The molecule has 1 aliphatic rings. The number of likely N-dealkylation sites (tertiary alicyclic amines) is 1. The molecule has 1 amide bonds. The van der Waals surface area contributed by atoms with Crippen LogP contribution in [-0.2, 0) is 0 Å². The van der Waals surface area contributed by atoms with E-state index in [1.54, 1.807) is 12.1 Å². The Hall–Kier alpha value is -1.62. The summed E-state index contributed by atoms with van der Waals surface area (Å²) < 4.78 is 0. The number of carbonyl (C=O) groups is 1. The molecule has 1 aromatic heterocycles. The van der Waals surface area contributed by atoms with E-state index in [2.05, 4.69) is 15.2 Å². The van der Waals surface area contributed by atoms with Crippen molar-refractivity contribution in [3.8, 4) is 0 Å². The van der Waals surface area contributed by atoms with Gasteiger partial charge in [-0.25, -0.2) is 0 Å². The normalized spacial score (nSPS) is 17.9. The minimum atomic E-state index is -0.253. The van der Waals surface area contributed by atoms with Gasteiger partial charge < -0.3 is 15.2 Å². The summed E-state index contributed by atoms with van der Waals surface area (Å²) in [4.78, 5) is 28.0.